The van der Waals surface area contributed by atoms with Crippen molar-refractivity contribution in [3.63, 3.8) is 0 Å². The van der Waals surface area contributed by atoms with Crippen molar-refractivity contribution < 1.29 is 5.21 Å². The van der Waals surface area contributed by atoms with Gasteiger partial charge in [-0.3, -0.25) is 0 Å². The monoisotopic (exact) mass is 147 g/mol. The molecule has 0 saturated heterocycles. The van der Waals surface area contributed by atoms with E-state index >= 15 is 0 Å². The van der Waals surface area contributed by atoms with E-state index in [2.05, 4.69) is 11.2 Å². The molecule has 0 spiro atoms. The van der Waals surface area contributed by atoms with Crippen LogP contribution in [0.3, 0.4) is 0 Å². The maximum Gasteiger partial charge on any atom is 0.0611 e. The summed E-state index contributed by atoms with van der Waals surface area (Å²) in [7, 11) is 0. The molecule has 0 fully saturated rings. The van der Waals surface area contributed by atoms with Crippen molar-refractivity contribution in [2.24, 2.45) is 5.16 Å². The van der Waals surface area contributed by atoms with Crippen molar-refractivity contribution in [2.45, 2.75) is 19.3 Å². The summed E-state index contributed by atoms with van der Waals surface area (Å²) in [6, 6.07) is 0. The Morgan fingerprint density at radius 1 is 1.44 bits per heavy atom. The van der Waals surface area contributed by atoms with Gasteiger partial charge in [-0.1, -0.05) is 17.3 Å². The van der Waals surface area contributed by atoms with Crippen LogP contribution < -0.4 is 0 Å². The first kappa shape index (κ1) is 8.50. The maximum atomic E-state index is 8.25. The van der Waals surface area contributed by atoms with E-state index in [9.17, 15) is 0 Å². The van der Waals surface area contributed by atoms with Crippen LogP contribution >= 0.6 is 12.4 Å². The fourth-order valence-corrected chi connectivity index (χ4v) is 0.780. The molecule has 1 aliphatic carbocycles. The molecule has 52 valence electrons. The first-order valence-corrected chi connectivity index (χ1v) is 2.78. The van der Waals surface area contributed by atoms with Gasteiger partial charge in [-0.15, -0.1) is 12.4 Å². The summed E-state index contributed by atoms with van der Waals surface area (Å²) >= 11 is 0. The normalized spacial score (nSPS) is 21.6. The summed E-state index contributed by atoms with van der Waals surface area (Å²) in [6.07, 6.45) is 6.91. The molecule has 0 saturated carbocycles. The van der Waals surface area contributed by atoms with E-state index in [1.165, 1.54) is 0 Å². The van der Waals surface area contributed by atoms with Crippen molar-refractivity contribution in [2.75, 3.05) is 0 Å². The number of hydrogen-bond acceptors (Lipinski definition) is 2. The molecule has 0 amide bonds. The topological polar surface area (TPSA) is 32.6 Å². The number of hydrogen-bond donors (Lipinski definition) is 1. The Bertz CT molecular complexity index is 131. The lowest BCUT2D eigenvalue weighted by atomic mass is 10.1. The minimum atomic E-state index is 0. The van der Waals surface area contributed by atoms with Crippen molar-refractivity contribution in [1.29, 1.82) is 0 Å². The van der Waals surface area contributed by atoms with Gasteiger partial charge in [-0.25, -0.2) is 0 Å². The van der Waals surface area contributed by atoms with Gasteiger partial charge in [0.15, 0.2) is 0 Å². The number of nitrogens with zero attached hydrogens (tertiary/aromatic N) is 1. The molecule has 0 aromatic rings. The van der Waals surface area contributed by atoms with Crippen molar-refractivity contribution in [3.05, 3.63) is 12.2 Å². The fraction of sp³-hybridized carbons (Fsp3) is 0.500. The highest BCUT2D eigenvalue weighted by Crippen LogP contribution is 2.05. The van der Waals surface area contributed by atoms with E-state index in [0.717, 1.165) is 25.0 Å². The highest BCUT2D eigenvalue weighted by molar-refractivity contribution is 5.86. The molecule has 0 aliphatic heterocycles. The maximum absolute atomic E-state index is 8.25. The van der Waals surface area contributed by atoms with Gasteiger partial charge in [0.25, 0.3) is 0 Å². The van der Waals surface area contributed by atoms with E-state index in [4.69, 9.17) is 5.21 Å². The van der Waals surface area contributed by atoms with Gasteiger partial charge in [0.05, 0.1) is 5.71 Å². The molecule has 0 radical (unpaired) electrons. The molecule has 9 heavy (non-hydrogen) atoms. The number of rotatable bonds is 0. The minimum absolute atomic E-state index is 0. The molecular formula is C6H10ClNO. The van der Waals surface area contributed by atoms with Crippen molar-refractivity contribution >= 4 is 18.1 Å². The van der Waals surface area contributed by atoms with Crippen LogP contribution in [0, 0.1) is 0 Å². The van der Waals surface area contributed by atoms with Crippen LogP contribution in [0.1, 0.15) is 19.3 Å². The fourth-order valence-electron chi connectivity index (χ4n) is 0.780. The summed E-state index contributed by atoms with van der Waals surface area (Å²) in [5.41, 5.74) is 0.896. The van der Waals surface area contributed by atoms with E-state index in [-0.39, 0.29) is 12.4 Å². The molecule has 1 aliphatic rings. The van der Waals surface area contributed by atoms with Crippen LogP contribution in [0.4, 0.5) is 0 Å². The number of oxime groups is 1. The first-order chi connectivity index (χ1) is 3.93. The second-order valence-electron chi connectivity index (χ2n) is 1.88. The predicted octanol–water partition coefficient (Wildman–Crippen LogP) is 1.98. The molecule has 0 aromatic heterocycles. The Kier molecular flexibility index (Phi) is 4.14. The molecule has 0 bridgehead atoms. The second kappa shape index (κ2) is 4.39. The Balaban J connectivity index is 0.000000640. The van der Waals surface area contributed by atoms with E-state index < -0.39 is 0 Å². The van der Waals surface area contributed by atoms with E-state index in [0.29, 0.717) is 0 Å². The molecule has 3 heteroatoms. The number of allylic oxidation sites excluding steroid dienone is 2. The largest absolute Gasteiger partial charge is 0.411 e. The van der Waals surface area contributed by atoms with Crippen LogP contribution in [0.5, 0.6) is 0 Å². The number of halogens is 1. The summed E-state index contributed by atoms with van der Waals surface area (Å²) in [5.74, 6) is 0. The molecule has 1 N–H and O–H groups in total. The van der Waals surface area contributed by atoms with Crippen LogP contribution in [0.25, 0.3) is 0 Å². The van der Waals surface area contributed by atoms with Crippen LogP contribution in [0.2, 0.25) is 0 Å². The van der Waals surface area contributed by atoms with Gasteiger partial charge in [0.1, 0.15) is 0 Å². The zero-order valence-electron chi connectivity index (χ0n) is 5.08. The van der Waals surface area contributed by atoms with Gasteiger partial charge in [-0.05, 0) is 12.8 Å². The SMILES string of the molecule is Cl.ON=C1CC=CCC1. The Morgan fingerprint density at radius 3 is 2.56 bits per heavy atom. The molecule has 1 rings (SSSR count). The molecule has 0 unspecified atom stereocenters. The summed E-state index contributed by atoms with van der Waals surface area (Å²) in [5, 5.41) is 11.4. The lowest BCUT2D eigenvalue weighted by Crippen LogP contribution is -1.98. The zero-order valence-corrected chi connectivity index (χ0v) is 5.90. The summed E-state index contributed by atoms with van der Waals surface area (Å²) in [6.45, 7) is 0. The third kappa shape index (κ3) is 2.51. The Morgan fingerprint density at radius 2 is 2.22 bits per heavy atom. The Labute approximate surface area is 60.7 Å². The molecule has 0 atom stereocenters. The quantitative estimate of drug-likeness (QED) is 0.317. The van der Waals surface area contributed by atoms with Gasteiger partial charge < -0.3 is 5.21 Å². The van der Waals surface area contributed by atoms with Crippen LogP contribution in [-0.2, 0) is 0 Å². The Hall–Kier alpha value is -0.500. The highest BCUT2D eigenvalue weighted by atomic mass is 35.5. The highest BCUT2D eigenvalue weighted by Gasteiger charge is 1.99. The zero-order chi connectivity index (χ0) is 5.82. The first-order valence-electron chi connectivity index (χ1n) is 2.78. The third-order valence-corrected chi connectivity index (χ3v) is 1.26. The van der Waals surface area contributed by atoms with Gasteiger partial charge in [0.2, 0.25) is 0 Å². The van der Waals surface area contributed by atoms with Crippen LogP contribution in [-0.4, -0.2) is 10.9 Å². The molecule has 0 heterocycles. The minimum Gasteiger partial charge on any atom is -0.411 e. The second-order valence-corrected chi connectivity index (χ2v) is 1.88. The average Bonchev–Trinajstić information content (AvgIpc) is 1.90. The average molecular weight is 148 g/mol. The summed E-state index contributed by atoms with van der Waals surface area (Å²) < 4.78 is 0. The third-order valence-electron chi connectivity index (χ3n) is 1.26. The molecular weight excluding hydrogens is 138 g/mol. The predicted molar refractivity (Wildman–Crippen MR) is 39.5 cm³/mol. The molecule has 2 nitrogen and oxygen atoms in total. The van der Waals surface area contributed by atoms with Gasteiger partial charge in [0, 0.05) is 6.42 Å². The standard InChI is InChI=1S/C6H9NO.ClH/c8-7-6-4-2-1-3-5-6;/h1-2,8H,3-5H2;1H. The smallest absolute Gasteiger partial charge is 0.0611 e. The molecule has 0 aromatic carbocycles. The van der Waals surface area contributed by atoms with Crippen molar-refractivity contribution in [3.8, 4) is 0 Å². The lowest BCUT2D eigenvalue weighted by molar-refractivity contribution is 0.316. The lowest BCUT2D eigenvalue weighted by Gasteiger charge is -2.02. The van der Waals surface area contributed by atoms with Crippen molar-refractivity contribution in [1.82, 2.24) is 0 Å². The summed E-state index contributed by atoms with van der Waals surface area (Å²) in [4.78, 5) is 0. The van der Waals surface area contributed by atoms with Crippen LogP contribution in [0.15, 0.2) is 17.3 Å². The van der Waals surface area contributed by atoms with E-state index in [1.807, 2.05) is 6.08 Å². The van der Waals surface area contributed by atoms with Gasteiger partial charge >= 0.3 is 0 Å². The van der Waals surface area contributed by atoms with Gasteiger partial charge in [-0.2, -0.15) is 0 Å². The van der Waals surface area contributed by atoms with E-state index in [1.54, 1.807) is 0 Å².